The van der Waals surface area contributed by atoms with Gasteiger partial charge in [-0.25, -0.2) is 9.97 Å². The van der Waals surface area contributed by atoms with Gasteiger partial charge in [-0.1, -0.05) is 23.8 Å². The van der Waals surface area contributed by atoms with Gasteiger partial charge in [0.15, 0.2) is 5.65 Å². The van der Waals surface area contributed by atoms with Crippen LogP contribution in [-0.4, -0.2) is 21.4 Å². The highest BCUT2D eigenvalue weighted by atomic mass is 15.1. The summed E-state index contributed by atoms with van der Waals surface area (Å²) in [6.45, 7) is 2.81. The summed E-state index contributed by atoms with van der Waals surface area (Å²) in [5.41, 5.74) is 4.18. The number of hydrogen-bond donors (Lipinski definition) is 1. The first-order valence-corrected chi connectivity index (χ1v) is 6.33. The molecular formula is C15H16N4. The number of imidazole rings is 1. The molecule has 19 heavy (non-hydrogen) atoms. The zero-order valence-corrected chi connectivity index (χ0v) is 11.1. The second-order valence-electron chi connectivity index (χ2n) is 4.59. The van der Waals surface area contributed by atoms with Crippen molar-refractivity contribution in [1.29, 1.82) is 0 Å². The van der Waals surface area contributed by atoms with Gasteiger partial charge in [0, 0.05) is 18.0 Å². The van der Waals surface area contributed by atoms with Gasteiger partial charge in [0.1, 0.15) is 11.5 Å². The second-order valence-corrected chi connectivity index (χ2v) is 4.59. The number of fused-ring (bicyclic) bond motifs is 1. The van der Waals surface area contributed by atoms with Gasteiger partial charge in [-0.05, 0) is 26.1 Å². The third-order valence-corrected chi connectivity index (χ3v) is 3.10. The number of benzene rings is 1. The summed E-state index contributed by atoms with van der Waals surface area (Å²) in [5, 5.41) is 3.14. The minimum absolute atomic E-state index is 0.721. The summed E-state index contributed by atoms with van der Waals surface area (Å²) in [4.78, 5) is 9.19. The number of nitrogens with one attached hydrogen (secondary N) is 1. The van der Waals surface area contributed by atoms with E-state index in [1.54, 1.807) is 6.20 Å². The van der Waals surface area contributed by atoms with Gasteiger partial charge in [0.25, 0.3) is 0 Å². The topological polar surface area (TPSA) is 42.2 Å². The average Bonchev–Trinajstić information content (AvgIpc) is 2.79. The van der Waals surface area contributed by atoms with Crippen molar-refractivity contribution in [2.75, 3.05) is 7.05 Å². The first-order valence-electron chi connectivity index (χ1n) is 6.33. The fraction of sp³-hybridized carbons (Fsp3) is 0.200. The molecule has 0 saturated carbocycles. The maximum Gasteiger partial charge on any atom is 0.164 e. The van der Waals surface area contributed by atoms with Gasteiger partial charge in [-0.2, -0.15) is 0 Å². The van der Waals surface area contributed by atoms with Crippen molar-refractivity contribution < 1.29 is 0 Å². The van der Waals surface area contributed by atoms with Crippen molar-refractivity contribution >= 4 is 5.65 Å². The predicted octanol–water partition coefficient (Wildman–Crippen LogP) is 2.42. The van der Waals surface area contributed by atoms with Gasteiger partial charge < -0.3 is 5.32 Å². The fourth-order valence-corrected chi connectivity index (χ4v) is 2.26. The van der Waals surface area contributed by atoms with Gasteiger partial charge in [0.05, 0.1) is 6.54 Å². The van der Waals surface area contributed by atoms with Crippen LogP contribution in [0.4, 0.5) is 0 Å². The quantitative estimate of drug-likeness (QED) is 0.778. The molecule has 0 aliphatic rings. The van der Waals surface area contributed by atoms with Crippen molar-refractivity contribution in [3.8, 4) is 11.3 Å². The SMILES string of the molecule is CNCc1nc(-c2cccc(C)c2)c2ncccn12. The summed E-state index contributed by atoms with van der Waals surface area (Å²) >= 11 is 0. The first kappa shape index (κ1) is 11.9. The molecule has 4 nitrogen and oxygen atoms in total. The Kier molecular flexibility index (Phi) is 3.01. The largest absolute Gasteiger partial charge is 0.313 e. The second kappa shape index (κ2) is 4.82. The van der Waals surface area contributed by atoms with Crippen LogP contribution in [0.25, 0.3) is 16.9 Å². The molecule has 0 bridgehead atoms. The van der Waals surface area contributed by atoms with E-state index in [0.717, 1.165) is 29.3 Å². The predicted molar refractivity (Wildman–Crippen MR) is 75.9 cm³/mol. The van der Waals surface area contributed by atoms with Crippen molar-refractivity contribution in [2.24, 2.45) is 0 Å². The average molecular weight is 252 g/mol. The Labute approximate surface area is 112 Å². The molecule has 4 heteroatoms. The van der Waals surface area contributed by atoms with Gasteiger partial charge in [-0.3, -0.25) is 4.40 Å². The minimum Gasteiger partial charge on any atom is -0.313 e. The Morgan fingerprint density at radius 3 is 2.95 bits per heavy atom. The Hall–Kier alpha value is -2.20. The lowest BCUT2D eigenvalue weighted by molar-refractivity contribution is 0.754. The molecular weight excluding hydrogens is 236 g/mol. The Morgan fingerprint density at radius 1 is 1.26 bits per heavy atom. The van der Waals surface area contributed by atoms with E-state index in [-0.39, 0.29) is 0 Å². The summed E-state index contributed by atoms with van der Waals surface area (Å²) < 4.78 is 2.04. The lowest BCUT2D eigenvalue weighted by Gasteiger charge is -1.99. The van der Waals surface area contributed by atoms with E-state index in [1.165, 1.54) is 5.56 Å². The zero-order chi connectivity index (χ0) is 13.2. The maximum atomic E-state index is 4.73. The normalized spacial score (nSPS) is 11.1. The molecule has 96 valence electrons. The molecule has 1 N–H and O–H groups in total. The smallest absolute Gasteiger partial charge is 0.164 e. The van der Waals surface area contributed by atoms with E-state index in [9.17, 15) is 0 Å². The molecule has 0 aliphatic carbocycles. The summed E-state index contributed by atoms with van der Waals surface area (Å²) in [6, 6.07) is 10.3. The van der Waals surface area contributed by atoms with Crippen molar-refractivity contribution in [3.05, 3.63) is 54.1 Å². The monoisotopic (exact) mass is 252 g/mol. The molecule has 2 heterocycles. The molecule has 0 fully saturated rings. The highest BCUT2D eigenvalue weighted by molar-refractivity contribution is 5.74. The van der Waals surface area contributed by atoms with E-state index in [2.05, 4.69) is 41.5 Å². The van der Waals surface area contributed by atoms with Crippen LogP contribution in [0, 0.1) is 6.92 Å². The van der Waals surface area contributed by atoms with Crippen LogP contribution >= 0.6 is 0 Å². The number of aromatic nitrogens is 3. The lowest BCUT2D eigenvalue weighted by atomic mass is 10.1. The van der Waals surface area contributed by atoms with Gasteiger partial charge in [-0.15, -0.1) is 0 Å². The third kappa shape index (κ3) is 2.11. The van der Waals surface area contributed by atoms with Gasteiger partial charge >= 0.3 is 0 Å². The summed E-state index contributed by atoms with van der Waals surface area (Å²) in [6.07, 6.45) is 3.81. The molecule has 0 unspecified atom stereocenters. The first-order chi connectivity index (χ1) is 9.29. The molecule has 1 aromatic carbocycles. The Balaban J connectivity index is 2.23. The van der Waals surface area contributed by atoms with E-state index < -0.39 is 0 Å². The van der Waals surface area contributed by atoms with Crippen LogP contribution < -0.4 is 5.32 Å². The Morgan fingerprint density at radius 2 is 2.16 bits per heavy atom. The van der Waals surface area contributed by atoms with Crippen LogP contribution in [-0.2, 0) is 6.54 Å². The molecule has 0 spiro atoms. The highest BCUT2D eigenvalue weighted by Gasteiger charge is 2.12. The van der Waals surface area contributed by atoms with Crippen LogP contribution in [0.1, 0.15) is 11.4 Å². The minimum atomic E-state index is 0.721. The Bertz CT molecular complexity index is 715. The molecule has 2 aromatic heterocycles. The van der Waals surface area contributed by atoms with E-state index >= 15 is 0 Å². The highest BCUT2D eigenvalue weighted by Crippen LogP contribution is 2.24. The summed E-state index contributed by atoms with van der Waals surface area (Å²) in [7, 11) is 1.92. The van der Waals surface area contributed by atoms with Gasteiger partial charge in [0.2, 0.25) is 0 Å². The summed E-state index contributed by atoms with van der Waals surface area (Å²) in [5.74, 6) is 0.974. The fourth-order valence-electron chi connectivity index (χ4n) is 2.26. The zero-order valence-electron chi connectivity index (χ0n) is 11.1. The van der Waals surface area contributed by atoms with Crippen molar-refractivity contribution in [2.45, 2.75) is 13.5 Å². The van der Waals surface area contributed by atoms with Crippen molar-refractivity contribution in [3.63, 3.8) is 0 Å². The molecule has 0 amide bonds. The van der Waals surface area contributed by atoms with Crippen LogP contribution in [0.3, 0.4) is 0 Å². The maximum absolute atomic E-state index is 4.73. The molecule has 0 aliphatic heterocycles. The number of nitrogens with zero attached hydrogens (tertiary/aromatic N) is 3. The van der Waals surface area contributed by atoms with Crippen LogP contribution in [0.15, 0.2) is 42.7 Å². The van der Waals surface area contributed by atoms with E-state index in [0.29, 0.717) is 0 Å². The molecule has 3 rings (SSSR count). The lowest BCUT2D eigenvalue weighted by Crippen LogP contribution is -2.08. The van der Waals surface area contributed by atoms with E-state index in [4.69, 9.17) is 4.98 Å². The molecule has 0 radical (unpaired) electrons. The molecule has 0 saturated heterocycles. The van der Waals surface area contributed by atoms with E-state index in [1.807, 2.05) is 23.7 Å². The number of rotatable bonds is 3. The molecule has 0 atom stereocenters. The number of aryl methyl sites for hydroxylation is 1. The van der Waals surface area contributed by atoms with Crippen molar-refractivity contribution in [1.82, 2.24) is 19.7 Å². The van der Waals surface area contributed by atoms with Crippen LogP contribution in [0.5, 0.6) is 0 Å². The van der Waals surface area contributed by atoms with Crippen LogP contribution in [0.2, 0.25) is 0 Å². The standard InChI is InChI=1S/C15H16N4/c1-11-5-3-6-12(9-11)14-15-17-7-4-8-19(15)13(18-14)10-16-2/h3-9,16H,10H2,1-2H3. The number of hydrogen-bond acceptors (Lipinski definition) is 3. The third-order valence-electron chi connectivity index (χ3n) is 3.10. The molecule has 3 aromatic rings.